The fraction of sp³-hybridized carbons (Fsp3) is 0.263. The minimum atomic E-state index is -4.47. The minimum Gasteiger partial charge on any atom is -0.352 e. The number of hydrogen-bond donors (Lipinski definition) is 1. The number of rotatable bonds is 6. The van der Waals surface area contributed by atoms with Crippen LogP contribution in [0.4, 0.5) is 13.2 Å². The molecule has 156 valence electrons. The Kier molecular flexibility index (Phi) is 5.29. The van der Waals surface area contributed by atoms with Crippen LogP contribution in [0.1, 0.15) is 28.2 Å². The first-order valence-corrected chi connectivity index (χ1v) is 9.99. The van der Waals surface area contributed by atoms with Crippen LogP contribution in [0, 0.1) is 6.92 Å². The molecular weight excluding hydrogens is 417 g/mol. The number of aromatic nitrogens is 5. The van der Waals surface area contributed by atoms with Crippen LogP contribution in [0.3, 0.4) is 0 Å². The average Bonchev–Trinajstić information content (AvgIpc) is 3.44. The summed E-state index contributed by atoms with van der Waals surface area (Å²) in [4.78, 5) is 17.8. The van der Waals surface area contributed by atoms with E-state index in [1.807, 2.05) is 23.6 Å². The van der Waals surface area contributed by atoms with Gasteiger partial charge in [-0.05, 0) is 36.9 Å². The van der Waals surface area contributed by atoms with E-state index < -0.39 is 11.9 Å². The van der Waals surface area contributed by atoms with Crippen LogP contribution in [-0.2, 0) is 12.7 Å². The number of alkyl halides is 3. The maximum atomic E-state index is 12.7. The molecule has 0 aliphatic carbocycles. The van der Waals surface area contributed by atoms with Crippen molar-refractivity contribution in [2.75, 3.05) is 6.54 Å². The molecular formula is C19H17F3N6OS. The number of aryl methyl sites for hydroxylation is 2. The zero-order valence-electron chi connectivity index (χ0n) is 15.8. The summed E-state index contributed by atoms with van der Waals surface area (Å²) < 4.78 is 41.1. The van der Waals surface area contributed by atoms with Crippen LogP contribution in [0.15, 0.2) is 42.0 Å². The number of halogens is 3. The lowest BCUT2D eigenvalue weighted by Crippen LogP contribution is -2.25. The van der Waals surface area contributed by atoms with Gasteiger partial charge in [0.25, 0.3) is 5.91 Å². The van der Waals surface area contributed by atoms with Gasteiger partial charge in [0, 0.05) is 25.0 Å². The number of hydrogen-bond acceptors (Lipinski definition) is 5. The van der Waals surface area contributed by atoms with E-state index >= 15 is 0 Å². The second kappa shape index (κ2) is 7.90. The van der Waals surface area contributed by atoms with Gasteiger partial charge in [-0.2, -0.15) is 23.4 Å². The van der Waals surface area contributed by atoms with E-state index in [1.54, 1.807) is 29.0 Å². The average molecular weight is 434 g/mol. The third kappa shape index (κ3) is 3.92. The molecule has 1 amide bonds. The van der Waals surface area contributed by atoms with Crippen LogP contribution in [0.2, 0.25) is 0 Å². The van der Waals surface area contributed by atoms with Crippen molar-refractivity contribution in [2.24, 2.45) is 0 Å². The predicted molar refractivity (Wildman–Crippen MR) is 105 cm³/mol. The Balaban J connectivity index is 1.40. The van der Waals surface area contributed by atoms with Crippen molar-refractivity contribution >= 4 is 22.9 Å². The SMILES string of the molecule is Cc1cc(C(F)(F)F)nn1CCCNC(=O)c1cnn2c(-c3cccs3)ccnc12. The molecule has 0 aromatic carbocycles. The van der Waals surface area contributed by atoms with Gasteiger partial charge >= 0.3 is 6.18 Å². The molecule has 0 radical (unpaired) electrons. The van der Waals surface area contributed by atoms with Gasteiger partial charge in [-0.1, -0.05) is 6.07 Å². The van der Waals surface area contributed by atoms with Gasteiger partial charge in [0.15, 0.2) is 11.3 Å². The maximum absolute atomic E-state index is 12.7. The molecule has 0 atom stereocenters. The largest absolute Gasteiger partial charge is 0.435 e. The van der Waals surface area contributed by atoms with Crippen molar-refractivity contribution in [3.63, 3.8) is 0 Å². The van der Waals surface area contributed by atoms with E-state index in [-0.39, 0.29) is 19.0 Å². The highest BCUT2D eigenvalue weighted by Gasteiger charge is 2.34. The van der Waals surface area contributed by atoms with Gasteiger partial charge in [-0.25, -0.2) is 9.50 Å². The molecule has 4 heterocycles. The lowest BCUT2D eigenvalue weighted by Gasteiger charge is -2.07. The van der Waals surface area contributed by atoms with E-state index in [1.165, 1.54) is 10.9 Å². The van der Waals surface area contributed by atoms with Gasteiger partial charge in [0.1, 0.15) is 5.56 Å². The standard InChI is InChI=1S/C19H17F3N6OS/c1-12-10-16(19(20,21)22)26-27(12)8-3-6-24-18(29)13-11-25-28-14(5-7-23-17(13)28)15-4-2-9-30-15/h2,4-5,7,9-11H,3,6,8H2,1H3,(H,24,29). The highest BCUT2D eigenvalue weighted by molar-refractivity contribution is 7.13. The zero-order valence-corrected chi connectivity index (χ0v) is 16.7. The molecule has 0 aliphatic heterocycles. The van der Waals surface area contributed by atoms with Gasteiger partial charge in [0.2, 0.25) is 0 Å². The van der Waals surface area contributed by atoms with Crippen molar-refractivity contribution in [1.82, 2.24) is 29.7 Å². The molecule has 0 unspecified atom stereocenters. The Morgan fingerprint density at radius 2 is 2.13 bits per heavy atom. The van der Waals surface area contributed by atoms with E-state index in [0.717, 1.165) is 16.6 Å². The molecule has 4 aromatic rings. The van der Waals surface area contributed by atoms with E-state index in [0.29, 0.717) is 23.3 Å². The summed E-state index contributed by atoms with van der Waals surface area (Å²) >= 11 is 1.56. The lowest BCUT2D eigenvalue weighted by atomic mass is 10.3. The normalized spacial score (nSPS) is 11.9. The topological polar surface area (TPSA) is 77.1 Å². The molecule has 0 spiro atoms. The summed E-state index contributed by atoms with van der Waals surface area (Å²) in [5.74, 6) is -0.339. The van der Waals surface area contributed by atoms with Crippen molar-refractivity contribution in [3.8, 4) is 10.6 Å². The molecule has 0 saturated heterocycles. The molecule has 4 rings (SSSR count). The number of nitrogens with one attached hydrogen (secondary N) is 1. The van der Waals surface area contributed by atoms with Gasteiger partial charge < -0.3 is 5.32 Å². The molecule has 0 fully saturated rings. The molecule has 30 heavy (non-hydrogen) atoms. The lowest BCUT2D eigenvalue weighted by molar-refractivity contribution is -0.141. The molecule has 11 heteroatoms. The van der Waals surface area contributed by atoms with Crippen molar-refractivity contribution in [1.29, 1.82) is 0 Å². The summed E-state index contributed by atoms with van der Waals surface area (Å²) in [7, 11) is 0. The first-order chi connectivity index (χ1) is 14.3. The fourth-order valence-electron chi connectivity index (χ4n) is 3.06. The monoisotopic (exact) mass is 434 g/mol. The van der Waals surface area contributed by atoms with Crippen molar-refractivity contribution in [2.45, 2.75) is 26.1 Å². The van der Waals surface area contributed by atoms with E-state index in [4.69, 9.17) is 0 Å². The first kappa shape index (κ1) is 20.1. The predicted octanol–water partition coefficient (Wildman–Crippen LogP) is 3.80. The second-order valence-electron chi connectivity index (χ2n) is 6.60. The Hall–Kier alpha value is -3.21. The number of amides is 1. The Morgan fingerprint density at radius 3 is 2.83 bits per heavy atom. The van der Waals surface area contributed by atoms with Crippen molar-refractivity contribution < 1.29 is 18.0 Å². The smallest absolute Gasteiger partial charge is 0.352 e. The molecule has 4 aromatic heterocycles. The minimum absolute atomic E-state index is 0.262. The Morgan fingerprint density at radius 1 is 1.30 bits per heavy atom. The zero-order chi connectivity index (χ0) is 21.3. The highest BCUT2D eigenvalue weighted by Crippen LogP contribution is 2.28. The molecule has 0 bridgehead atoms. The molecule has 7 nitrogen and oxygen atoms in total. The molecule has 1 N–H and O–H groups in total. The van der Waals surface area contributed by atoms with Crippen LogP contribution in [0.25, 0.3) is 16.2 Å². The fourth-order valence-corrected chi connectivity index (χ4v) is 3.80. The summed E-state index contributed by atoms with van der Waals surface area (Å²) in [6.07, 6.45) is -0.953. The van der Waals surface area contributed by atoms with E-state index in [9.17, 15) is 18.0 Å². The third-order valence-corrected chi connectivity index (χ3v) is 5.42. The van der Waals surface area contributed by atoms with Crippen LogP contribution < -0.4 is 5.32 Å². The number of nitrogens with zero attached hydrogens (tertiary/aromatic N) is 5. The highest BCUT2D eigenvalue weighted by atomic mass is 32.1. The van der Waals surface area contributed by atoms with E-state index in [2.05, 4.69) is 20.5 Å². The van der Waals surface area contributed by atoms with Gasteiger partial charge in [-0.15, -0.1) is 11.3 Å². The molecule has 0 aliphatic rings. The Bertz CT molecular complexity index is 1180. The maximum Gasteiger partial charge on any atom is 0.435 e. The van der Waals surface area contributed by atoms with Gasteiger partial charge in [0.05, 0.1) is 16.8 Å². The quantitative estimate of drug-likeness (QED) is 0.469. The van der Waals surface area contributed by atoms with Crippen LogP contribution >= 0.6 is 11.3 Å². The molecule has 0 saturated carbocycles. The third-order valence-electron chi connectivity index (χ3n) is 4.52. The number of carbonyl (C=O) groups is 1. The summed E-state index contributed by atoms with van der Waals surface area (Å²) in [5, 5.41) is 12.6. The second-order valence-corrected chi connectivity index (χ2v) is 7.55. The summed E-state index contributed by atoms with van der Waals surface area (Å²) in [6.45, 7) is 2.11. The van der Waals surface area contributed by atoms with Crippen LogP contribution in [-0.4, -0.2) is 36.8 Å². The number of carbonyl (C=O) groups excluding carboxylic acids is 1. The summed E-state index contributed by atoms with van der Waals surface area (Å²) in [6, 6.07) is 6.73. The van der Waals surface area contributed by atoms with Crippen LogP contribution in [0.5, 0.6) is 0 Å². The summed E-state index contributed by atoms with van der Waals surface area (Å²) in [5.41, 5.74) is 1.12. The first-order valence-electron chi connectivity index (χ1n) is 9.11. The van der Waals surface area contributed by atoms with Gasteiger partial charge in [-0.3, -0.25) is 9.48 Å². The number of thiophene rings is 1. The van der Waals surface area contributed by atoms with Crippen molar-refractivity contribution in [3.05, 3.63) is 59.0 Å². The Labute approximate surface area is 173 Å². The number of fused-ring (bicyclic) bond motifs is 1.